The number of ether oxygens (including phenoxy) is 1. The number of amides is 1. The third-order valence-electron chi connectivity index (χ3n) is 3.78. The molecule has 0 unspecified atom stereocenters. The molecule has 0 aliphatic carbocycles. The number of aromatic hydroxyl groups is 1. The van der Waals surface area contributed by atoms with Gasteiger partial charge in [-0.3, -0.25) is 4.79 Å². The molecule has 0 bridgehead atoms. The molecule has 10 heteroatoms. The number of phenolic OH excluding ortho intramolecular Hbond substituents is 1. The number of thiazole rings is 1. The summed E-state index contributed by atoms with van der Waals surface area (Å²) in [7, 11) is 1.48. The molecule has 8 nitrogen and oxygen atoms in total. The fourth-order valence-electron chi connectivity index (χ4n) is 2.33. The second-order valence-corrected chi connectivity index (χ2v) is 6.94. The van der Waals surface area contributed by atoms with Crippen molar-refractivity contribution in [2.75, 3.05) is 17.7 Å². The van der Waals surface area contributed by atoms with Gasteiger partial charge in [-0.2, -0.15) is 4.98 Å². The lowest BCUT2D eigenvalue weighted by atomic mass is 10.1. The normalized spacial score (nSPS) is 10.5. The minimum Gasteiger partial charge on any atom is -0.508 e. The fraction of sp³-hybridized carbons (Fsp3) is 0.176. The first-order chi connectivity index (χ1) is 12.9. The van der Waals surface area contributed by atoms with Gasteiger partial charge in [0.05, 0.1) is 25.2 Å². The Bertz CT molecular complexity index is 1010. The van der Waals surface area contributed by atoms with E-state index in [-0.39, 0.29) is 16.9 Å². The molecule has 27 heavy (non-hydrogen) atoms. The molecule has 2 aromatic heterocycles. The Morgan fingerprint density at radius 1 is 1.26 bits per heavy atom. The summed E-state index contributed by atoms with van der Waals surface area (Å²) in [5, 5.41) is 16.1. The maximum absolute atomic E-state index is 12.6. The van der Waals surface area contributed by atoms with Crippen LogP contribution in [0.4, 0.5) is 16.6 Å². The molecule has 140 valence electrons. The molecule has 0 saturated carbocycles. The van der Waals surface area contributed by atoms with Gasteiger partial charge >= 0.3 is 0 Å². The van der Waals surface area contributed by atoms with E-state index in [9.17, 15) is 9.90 Å². The van der Waals surface area contributed by atoms with Crippen LogP contribution in [0.5, 0.6) is 11.5 Å². The standard InChI is InChI=1S/C17H16ClN5O3S/c1-8-4-5-10(24)9(2)13(8)21-15(25)12-7-20-17(27-12)23-14-11(26-3)6-19-16(18)22-14/h4-7,24H,1-3H3,(H,21,25)(H,19,20,22,23). The van der Waals surface area contributed by atoms with Crippen LogP contribution in [0.25, 0.3) is 0 Å². The first-order valence-electron chi connectivity index (χ1n) is 7.79. The monoisotopic (exact) mass is 405 g/mol. The molecule has 3 aromatic rings. The Kier molecular flexibility index (Phi) is 5.43. The zero-order chi connectivity index (χ0) is 19.6. The number of nitrogens with one attached hydrogen (secondary N) is 2. The van der Waals surface area contributed by atoms with Crippen LogP contribution in [-0.4, -0.2) is 33.1 Å². The number of hydrogen-bond donors (Lipinski definition) is 3. The number of phenols is 1. The van der Waals surface area contributed by atoms with E-state index < -0.39 is 0 Å². The van der Waals surface area contributed by atoms with E-state index in [0.29, 0.717) is 32.8 Å². The molecular weight excluding hydrogens is 390 g/mol. The summed E-state index contributed by atoms with van der Waals surface area (Å²) >= 11 is 6.95. The number of hydrogen-bond acceptors (Lipinski definition) is 8. The van der Waals surface area contributed by atoms with Crippen molar-refractivity contribution in [3.8, 4) is 11.5 Å². The van der Waals surface area contributed by atoms with E-state index in [1.807, 2.05) is 6.92 Å². The number of carbonyl (C=O) groups excluding carboxylic acids is 1. The molecule has 0 saturated heterocycles. The van der Waals surface area contributed by atoms with Crippen molar-refractivity contribution >= 4 is 45.5 Å². The molecule has 3 N–H and O–H groups in total. The number of anilines is 3. The molecule has 0 aliphatic heterocycles. The Morgan fingerprint density at radius 2 is 2.04 bits per heavy atom. The van der Waals surface area contributed by atoms with Crippen LogP contribution in [0.2, 0.25) is 5.28 Å². The van der Waals surface area contributed by atoms with Crippen LogP contribution in [0.3, 0.4) is 0 Å². The van der Waals surface area contributed by atoms with Crippen molar-refractivity contribution in [3.05, 3.63) is 45.8 Å². The molecule has 1 aromatic carbocycles. The highest BCUT2D eigenvalue weighted by molar-refractivity contribution is 7.17. The van der Waals surface area contributed by atoms with Crippen LogP contribution in [0, 0.1) is 13.8 Å². The van der Waals surface area contributed by atoms with E-state index in [2.05, 4.69) is 25.6 Å². The van der Waals surface area contributed by atoms with Gasteiger partial charge in [-0.1, -0.05) is 17.4 Å². The van der Waals surface area contributed by atoms with E-state index >= 15 is 0 Å². The highest BCUT2D eigenvalue weighted by Crippen LogP contribution is 2.31. The van der Waals surface area contributed by atoms with Gasteiger partial charge in [0.1, 0.15) is 10.6 Å². The van der Waals surface area contributed by atoms with Gasteiger partial charge in [-0.25, -0.2) is 9.97 Å². The van der Waals surface area contributed by atoms with Crippen LogP contribution < -0.4 is 15.4 Å². The van der Waals surface area contributed by atoms with Crippen molar-refractivity contribution in [3.63, 3.8) is 0 Å². The van der Waals surface area contributed by atoms with Gasteiger partial charge < -0.3 is 20.5 Å². The maximum atomic E-state index is 12.6. The van der Waals surface area contributed by atoms with Crippen molar-refractivity contribution in [1.29, 1.82) is 0 Å². The number of methoxy groups -OCH3 is 1. The molecule has 0 spiro atoms. The number of halogens is 1. The molecule has 0 radical (unpaired) electrons. The molecule has 0 atom stereocenters. The van der Waals surface area contributed by atoms with Gasteiger partial charge in [0.2, 0.25) is 5.28 Å². The van der Waals surface area contributed by atoms with Crippen LogP contribution >= 0.6 is 22.9 Å². The van der Waals surface area contributed by atoms with Crippen molar-refractivity contribution in [2.24, 2.45) is 0 Å². The van der Waals surface area contributed by atoms with E-state index in [1.165, 1.54) is 19.5 Å². The van der Waals surface area contributed by atoms with Gasteiger partial charge in [-0.05, 0) is 37.1 Å². The predicted molar refractivity (Wildman–Crippen MR) is 105 cm³/mol. The minimum absolute atomic E-state index is 0.0580. The molecule has 1 amide bonds. The average molecular weight is 406 g/mol. The van der Waals surface area contributed by atoms with Crippen LogP contribution in [0.1, 0.15) is 20.8 Å². The summed E-state index contributed by atoms with van der Waals surface area (Å²) in [4.78, 5) is 25.0. The summed E-state index contributed by atoms with van der Waals surface area (Å²) in [6.07, 6.45) is 2.89. The Hall–Kier alpha value is -2.91. The smallest absolute Gasteiger partial charge is 0.267 e. The number of aryl methyl sites for hydroxylation is 1. The van der Waals surface area contributed by atoms with Crippen LogP contribution in [0.15, 0.2) is 24.5 Å². The topological polar surface area (TPSA) is 109 Å². The molecule has 2 heterocycles. The van der Waals surface area contributed by atoms with Crippen molar-refractivity contribution in [2.45, 2.75) is 13.8 Å². The summed E-state index contributed by atoms with van der Waals surface area (Å²) in [6, 6.07) is 3.33. The lowest BCUT2D eigenvalue weighted by molar-refractivity contribution is 0.103. The quantitative estimate of drug-likeness (QED) is 0.552. The highest BCUT2D eigenvalue weighted by Gasteiger charge is 2.16. The molecular formula is C17H16ClN5O3S. The number of nitrogens with zero attached hydrogens (tertiary/aromatic N) is 3. The SMILES string of the molecule is COc1cnc(Cl)nc1Nc1ncc(C(=O)Nc2c(C)ccc(O)c2C)s1. The zero-order valence-electron chi connectivity index (χ0n) is 14.7. The molecule has 0 fully saturated rings. The number of benzene rings is 1. The Balaban J connectivity index is 1.79. The van der Waals surface area contributed by atoms with E-state index in [4.69, 9.17) is 16.3 Å². The summed E-state index contributed by atoms with van der Waals surface area (Å²) in [5.74, 6) is 0.533. The van der Waals surface area contributed by atoms with Gasteiger partial charge in [0, 0.05) is 5.56 Å². The third-order valence-corrected chi connectivity index (χ3v) is 4.88. The van der Waals surface area contributed by atoms with Crippen molar-refractivity contribution < 1.29 is 14.6 Å². The van der Waals surface area contributed by atoms with Crippen LogP contribution in [-0.2, 0) is 0 Å². The Morgan fingerprint density at radius 3 is 2.78 bits per heavy atom. The third kappa shape index (κ3) is 4.09. The summed E-state index contributed by atoms with van der Waals surface area (Å²) in [5.41, 5.74) is 2.03. The number of aromatic nitrogens is 3. The lowest BCUT2D eigenvalue weighted by Gasteiger charge is -2.12. The average Bonchev–Trinajstić information content (AvgIpc) is 3.11. The molecule has 3 rings (SSSR count). The summed E-state index contributed by atoms with van der Waals surface area (Å²) < 4.78 is 5.17. The Labute approximate surface area is 164 Å². The zero-order valence-corrected chi connectivity index (χ0v) is 16.3. The highest BCUT2D eigenvalue weighted by atomic mass is 35.5. The van der Waals surface area contributed by atoms with E-state index in [1.54, 1.807) is 19.1 Å². The second-order valence-electron chi connectivity index (χ2n) is 5.57. The molecule has 0 aliphatic rings. The lowest BCUT2D eigenvalue weighted by Crippen LogP contribution is -2.12. The van der Waals surface area contributed by atoms with Gasteiger partial charge in [-0.15, -0.1) is 0 Å². The number of carbonyl (C=O) groups is 1. The second kappa shape index (κ2) is 7.77. The number of rotatable bonds is 5. The maximum Gasteiger partial charge on any atom is 0.267 e. The van der Waals surface area contributed by atoms with E-state index in [0.717, 1.165) is 16.9 Å². The first kappa shape index (κ1) is 18.9. The van der Waals surface area contributed by atoms with Gasteiger partial charge in [0.15, 0.2) is 16.7 Å². The summed E-state index contributed by atoms with van der Waals surface area (Å²) in [6.45, 7) is 3.59. The van der Waals surface area contributed by atoms with Gasteiger partial charge in [0.25, 0.3) is 5.91 Å². The fourth-order valence-corrected chi connectivity index (χ4v) is 3.17. The predicted octanol–water partition coefficient (Wildman–Crippen LogP) is 3.91. The minimum atomic E-state index is -0.329. The van der Waals surface area contributed by atoms with Crippen molar-refractivity contribution in [1.82, 2.24) is 15.0 Å². The first-order valence-corrected chi connectivity index (χ1v) is 8.98. The largest absolute Gasteiger partial charge is 0.508 e.